The van der Waals surface area contributed by atoms with Gasteiger partial charge >= 0.3 is 0 Å². The molecule has 18 heavy (non-hydrogen) atoms. The molecule has 92 valence electrons. The van der Waals surface area contributed by atoms with Crippen LogP contribution >= 0.6 is 27.5 Å². The van der Waals surface area contributed by atoms with Crippen LogP contribution in [0.2, 0.25) is 5.02 Å². The molecule has 0 radical (unpaired) electrons. The third-order valence-electron chi connectivity index (χ3n) is 2.20. The van der Waals surface area contributed by atoms with E-state index in [1.807, 2.05) is 0 Å². The number of anilines is 1. The van der Waals surface area contributed by atoms with Gasteiger partial charge in [-0.05, 0) is 40.2 Å². The van der Waals surface area contributed by atoms with E-state index in [0.717, 1.165) is 6.20 Å². The standard InChI is InChI=1S/C12H7BrClFN2O/c13-8-2-1-7(5-9(8)14)12(18)17-11-3-4-16-6-10(11)15/h1-6H,(H,16,17,18). The molecule has 0 spiro atoms. The van der Waals surface area contributed by atoms with Crippen molar-refractivity contribution < 1.29 is 9.18 Å². The van der Waals surface area contributed by atoms with Crippen LogP contribution in [-0.2, 0) is 0 Å². The highest BCUT2D eigenvalue weighted by molar-refractivity contribution is 9.10. The fourth-order valence-electron chi connectivity index (χ4n) is 1.31. The number of rotatable bonds is 2. The summed E-state index contributed by atoms with van der Waals surface area (Å²) in [5.74, 6) is -1.02. The maximum atomic E-state index is 13.3. The van der Waals surface area contributed by atoms with Gasteiger partial charge in [0.2, 0.25) is 0 Å². The predicted octanol–water partition coefficient (Wildman–Crippen LogP) is 3.89. The Labute approximate surface area is 116 Å². The molecule has 2 aromatic rings. The van der Waals surface area contributed by atoms with E-state index in [9.17, 15) is 9.18 Å². The highest BCUT2D eigenvalue weighted by atomic mass is 79.9. The van der Waals surface area contributed by atoms with Crippen molar-refractivity contribution in [2.45, 2.75) is 0 Å². The first-order valence-electron chi connectivity index (χ1n) is 4.94. The van der Waals surface area contributed by atoms with Crippen molar-refractivity contribution in [3.63, 3.8) is 0 Å². The Balaban J connectivity index is 2.22. The van der Waals surface area contributed by atoms with Gasteiger partial charge in [0.05, 0.1) is 16.9 Å². The average molecular weight is 330 g/mol. The molecule has 0 unspecified atom stereocenters. The third-order valence-corrected chi connectivity index (χ3v) is 3.43. The van der Waals surface area contributed by atoms with Crippen LogP contribution in [0.15, 0.2) is 41.1 Å². The molecule has 1 heterocycles. The van der Waals surface area contributed by atoms with Gasteiger partial charge in [-0.1, -0.05) is 11.6 Å². The van der Waals surface area contributed by atoms with Crippen LogP contribution in [0, 0.1) is 5.82 Å². The Kier molecular flexibility index (Phi) is 3.93. The summed E-state index contributed by atoms with van der Waals surface area (Å²) >= 11 is 9.11. The normalized spacial score (nSPS) is 10.2. The van der Waals surface area contributed by atoms with Crippen molar-refractivity contribution >= 4 is 39.1 Å². The van der Waals surface area contributed by atoms with Crippen LogP contribution < -0.4 is 5.32 Å². The van der Waals surface area contributed by atoms with Gasteiger partial charge in [0, 0.05) is 16.2 Å². The smallest absolute Gasteiger partial charge is 0.255 e. The molecular formula is C12H7BrClFN2O. The van der Waals surface area contributed by atoms with Gasteiger partial charge in [0.1, 0.15) is 0 Å². The van der Waals surface area contributed by atoms with Crippen molar-refractivity contribution in [1.82, 2.24) is 4.98 Å². The molecule has 0 saturated carbocycles. The van der Waals surface area contributed by atoms with Crippen LogP contribution in [0.5, 0.6) is 0 Å². The Bertz CT molecular complexity index is 606. The number of benzene rings is 1. The maximum Gasteiger partial charge on any atom is 0.255 e. The van der Waals surface area contributed by atoms with E-state index >= 15 is 0 Å². The third kappa shape index (κ3) is 2.86. The highest BCUT2D eigenvalue weighted by Crippen LogP contribution is 2.23. The summed E-state index contributed by atoms with van der Waals surface area (Å²) in [5.41, 5.74) is 0.424. The van der Waals surface area contributed by atoms with Gasteiger partial charge in [-0.15, -0.1) is 0 Å². The molecule has 3 nitrogen and oxygen atoms in total. The zero-order valence-corrected chi connectivity index (χ0v) is 11.3. The number of carbonyl (C=O) groups is 1. The summed E-state index contributed by atoms with van der Waals surface area (Å²) in [7, 11) is 0. The largest absolute Gasteiger partial charge is 0.319 e. The monoisotopic (exact) mass is 328 g/mol. The van der Waals surface area contributed by atoms with Gasteiger partial charge in [0.15, 0.2) is 5.82 Å². The van der Waals surface area contributed by atoms with E-state index in [1.54, 1.807) is 12.1 Å². The Hall–Kier alpha value is -1.46. The zero-order chi connectivity index (χ0) is 13.1. The van der Waals surface area contributed by atoms with Crippen molar-refractivity contribution in [2.24, 2.45) is 0 Å². The molecule has 0 fully saturated rings. The minimum atomic E-state index is -0.589. The molecule has 2 rings (SSSR count). The minimum absolute atomic E-state index is 0.0778. The van der Waals surface area contributed by atoms with Gasteiger partial charge in [-0.2, -0.15) is 0 Å². The van der Waals surface area contributed by atoms with Crippen LogP contribution in [0.1, 0.15) is 10.4 Å². The second-order valence-corrected chi connectivity index (χ2v) is 4.70. The quantitative estimate of drug-likeness (QED) is 0.908. The number of hydrogen-bond donors (Lipinski definition) is 1. The summed E-state index contributed by atoms with van der Waals surface area (Å²) in [4.78, 5) is 15.5. The van der Waals surface area contributed by atoms with Crippen molar-refractivity contribution in [3.05, 3.63) is 57.5 Å². The predicted molar refractivity (Wildman–Crippen MR) is 71.3 cm³/mol. The molecule has 0 atom stereocenters. The first kappa shape index (κ1) is 13.0. The zero-order valence-electron chi connectivity index (χ0n) is 8.95. The number of amides is 1. The number of halogens is 3. The molecular weight excluding hydrogens is 323 g/mol. The number of pyridine rings is 1. The van der Waals surface area contributed by atoms with Gasteiger partial charge in [0.25, 0.3) is 5.91 Å². The van der Waals surface area contributed by atoms with Gasteiger partial charge in [-0.3, -0.25) is 9.78 Å². The SMILES string of the molecule is O=C(Nc1ccncc1F)c1ccc(Br)c(Cl)c1. The molecule has 1 N–H and O–H groups in total. The number of nitrogens with one attached hydrogen (secondary N) is 1. The number of hydrogen-bond acceptors (Lipinski definition) is 2. The second-order valence-electron chi connectivity index (χ2n) is 3.44. The lowest BCUT2D eigenvalue weighted by Crippen LogP contribution is -2.13. The molecule has 0 bridgehead atoms. The molecule has 0 aliphatic heterocycles. The summed E-state index contributed by atoms with van der Waals surface area (Å²) in [6, 6.07) is 6.12. The number of nitrogens with zero attached hydrogens (tertiary/aromatic N) is 1. The number of aromatic nitrogens is 1. The summed E-state index contributed by atoms with van der Waals surface area (Å²) in [6.07, 6.45) is 2.43. The maximum absolute atomic E-state index is 13.3. The lowest BCUT2D eigenvalue weighted by atomic mass is 10.2. The van der Waals surface area contributed by atoms with Crippen molar-refractivity contribution in [3.8, 4) is 0 Å². The summed E-state index contributed by atoms with van der Waals surface area (Å²) in [5, 5.41) is 2.86. The molecule has 1 amide bonds. The van der Waals surface area contributed by atoms with E-state index in [1.165, 1.54) is 18.3 Å². The lowest BCUT2D eigenvalue weighted by Gasteiger charge is -2.06. The molecule has 0 saturated heterocycles. The van der Waals surface area contributed by atoms with Gasteiger partial charge < -0.3 is 5.32 Å². The molecule has 1 aromatic carbocycles. The first-order chi connectivity index (χ1) is 8.58. The Morgan fingerprint density at radius 2 is 2.17 bits per heavy atom. The molecule has 6 heteroatoms. The topological polar surface area (TPSA) is 42.0 Å². The van der Waals surface area contributed by atoms with Crippen LogP contribution in [-0.4, -0.2) is 10.9 Å². The van der Waals surface area contributed by atoms with E-state index in [2.05, 4.69) is 26.2 Å². The van der Waals surface area contributed by atoms with E-state index in [4.69, 9.17) is 11.6 Å². The molecule has 0 aliphatic carbocycles. The van der Waals surface area contributed by atoms with Crippen molar-refractivity contribution in [1.29, 1.82) is 0 Å². The average Bonchev–Trinajstić information content (AvgIpc) is 2.35. The molecule has 1 aromatic heterocycles. The number of carbonyl (C=O) groups excluding carboxylic acids is 1. The Morgan fingerprint density at radius 3 is 2.83 bits per heavy atom. The van der Waals surface area contributed by atoms with Crippen LogP contribution in [0.25, 0.3) is 0 Å². The minimum Gasteiger partial charge on any atom is -0.319 e. The molecule has 0 aliphatic rings. The van der Waals surface area contributed by atoms with Crippen molar-refractivity contribution in [2.75, 3.05) is 5.32 Å². The van der Waals surface area contributed by atoms with Gasteiger partial charge in [-0.25, -0.2) is 4.39 Å². The summed E-state index contributed by atoms with van der Waals surface area (Å²) in [6.45, 7) is 0. The van der Waals surface area contributed by atoms with Crippen LogP contribution in [0.3, 0.4) is 0 Å². The first-order valence-corrected chi connectivity index (χ1v) is 6.11. The van der Waals surface area contributed by atoms with E-state index in [0.29, 0.717) is 15.1 Å². The second kappa shape index (κ2) is 5.46. The Morgan fingerprint density at radius 1 is 1.39 bits per heavy atom. The fraction of sp³-hybridized carbons (Fsp3) is 0. The lowest BCUT2D eigenvalue weighted by molar-refractivity contribution is 0.102. The fourth-order valence-corrected chi connectivity index (χ4v) is 1.74. The van der Waals surface area contributed by atoms with Crippen LogP contribution in [0.4, 0.5) is 10.1 Å². The highest BCUT2D eigenvalue weighted by Gasteiger charge is 2.10. The summed E-state index contributed by atoms with van der Waals surface area (Å²) < 4.78 is 14.0. The van der Waals surface area contributed by atoms with E-state index < -0.39 is 11.7 Å². The van der Waals surface area contributed by atoms with E-state index in [-0.39, 0.29) is 5.69 Å².